The Morgan fingerprint density at radius 1 is 1.53 bits per heavy atom. The Labute approximate surface area is 91.5 Å². The van der Waals surface area contributed by atoms with Crippen molar-refractivity contribution < 1.29 is 13.2 Å². The van der Waals surface area contributed by atoms with Gasteiger partial charge in [-0.2, -0.15) is 5.10 Å². The summed E-state index contributed by atoms with van der Waals surface area (Å²) in [5.41, 5.74) is 0.0249. The zero-order chi connectivity index (χ0) is 11.1. The van der Waals surface area contributed by atoms with Crippen molar-refractivity contribution in [1.82, 2.24) is 9.78 Å². The number of aldehydes is 1. The molecule has 82 valence electrons. The van der Waals surface area contributed by atoms with Gasteiger partial charge in [0, 0.05) is 10.7 Å². The molecule has 0 spiro atoms. The number of hydrogen-bond donors (Lipinski definition) is 0. The molecule has 7 heteroatoms. The minimum absolute atomic E-state index is 0.0249. The largest absolute Gasteiger partial charge is 0.298 e. The highest BCUT2D eigenvalue weighted by Crippen LogP contribution is 2.34. The van der Waals surface area contributed by atoms with Crippen molar-refractivity contribution >= 4 is 26.0 Å². The second-order valence-electron chi connectivity index (χ2n) is 3.49. The molecule has 1 heterocycles. The van der Waals surface area contributed by atoms with Gasteiger partial charge in [-0.1, -0.05) is 0 Å². The summed E-state index contributed by atoms with van der Waals surface area (Å²) in [6.07, 6.45) is 4.49. The van der Waals surface area contributed by atoms with Gasteiger partial charge < -0.3 is 0 Å². The fourth-order valence-electron chi connectivity index (χ4n) is 1.59. The van der Waals surface area contributed by atoms with Gasteiger partial charge in [0.1, 0.15) is 0 Å². The molecular formula is C8H9ClN2O3S. The molecule has 0 radical (unpaired) electrons. The molecule has 0 atom stereocenters. The molecule has 0 aliphatic heterocycles. The molecule has 1 aliphatic carbocycles. The van der Waals surface area contributed by atoms with Crippen molar-refractivity contribution in [3.05, 3.63) is 11.8 Å². The summed E-state index contributed by atoms with van der Waals surface area (Å²) in [6, 6.07) is 0.0576. The smallest absolute Gasteiger partial charge is 0.279 e. The van der Waals surface area contributed by atoms with Crippen molar-refractivity contribution in [1.29, 1.82) is 0 Å². The number of aromatic nitrogens is 2. The van der Waals surface area contributed by atoms with Crippen LogP contribution < -0.4 is 0 Å². The molecule has 0 saturated heterocycles. The maximum absolute atomic E-state index is 11.3. The first-order valence-corrected chi connectivity index (χ1v) is 6.82. The van der Waals surface area contributed by atoms with Gasteiger partial charge in [0.25, 0.3) is 9.05 Å². The highest BCUT2D eigenvalue weighted by Gasteiger charge is 2.29. The first-order valence-electron chi connectivity index (χ1n) is 4.51. The Kier molecular flexibility index (Phi) is 2.56. The lowest BCUT2D eigenvalue weighted by molar-refractivity contribution is 0.111. The molecule has 1 saturated carbocycles. The predicted molar refractivity (Wildman–Crippen MR) is 53.5 cm³/mol. The number of nitrogens with zero attached hydrogens (tertiary/aromatic N) is 2. The highest BCUT2D eigenvalue weighted by molar-refractivity contribution is 8.13. The fraction of sp³-hybridized carbons (Fsp3) is 0.500. The first kappa shape index (κ1) is 10.6. The SMILES string of the molecule is O=Cc1cnn(C2CCC2)c1S(=O)(=O)Cl. The molecule has 0 unspecified atom stereocenters. The third kappa shape index (κ3) is 1.79. The van der Waals surface area contributed by atoms with Crippen LogP contribution >= 0.6 is 10.7 Å². The van der Waals surface area contributed by atoms with Crippen LogP contribution in [0.1, 0.15) is 35.7 Å². The van der Waals surface area contributed by atoms with Crippen LogP contribution in [0.5, 0.6) is 0 Å². The minimum Gasteiger partial charge on any atom is -0.298 e. The quantitative estimate of drug-likeness (QED) is 0.598. The second kappa shape index (κ2) is 3.61. The van der Waals surface area contributed by atoms with Crippen LogP contribution in [-0.2, 0) is 9.05 Å². The minimum atomic E-state index is -3.91. The van der Waals surface area contributed by atoms with Gasteiger partial charge in [0.05, 0.1) is 17.8 Å². The summed E-state index contributed by atoms with van der Waals surface area (Å²) in [7, 11) is 1.35. The van der Waals surface area contributed by atoms with Crippen LogP contribution in [0.25, 0.3) is 0 Å². The number of halogens is 1. The van der Waals surface area contributed by atoms with E-state index < -0.39 is 9.05 Å². The van der Waals surface area contributed by atoms with Crippen molar-refractivity contribution in [2.24, 2.45) is 0 Å². The third-order valence-corrected chi connectivity index (χ3v) is 3.88. The third-order valence-electron chi connectivity index (χ3n) is 2.55. The van der Waals surface area contributed by atoms with Crippen LogP contribution in [-0.4, -0.2) is 24.5 Å². The molecule has 1 aromatic heterocycles. The Hall–Kier alpha value is -0.880. The summed E-state index contributed by atoms with van der Waals surface area (Å²) in [5.74, 6) is 0. The van der Waals surface area contributed by atoms with E-state index in [0.29, 0.717) is 6.29 Å². The lowest BCUT2D eigenvalue weighted by Gasteiger charge is -2.26. The van der Waals surface area contributed by atoms with Crippen molar-refractivity contribution in [3.63, 3.8) is 0 Å². The van der Waals surface area contributed by atoms with Gasteiger partial charge in [-0.3, -0.25) is 4.79 Å². The first-order chi connectivity index (χ1) is 7.04. The zero-order valence-corrected chi connectivity index (χ0v) is 9.33. The second-order valence-corrected chi connectivity index (χ2v) is 5.97. The monoisotopic (exact) mass is 248 g/mol. The van der Waals surface area contributed by atoms with E-state index >= 15 is 0 Å². The summed E-state index contributed by atoms with van der Waals surface area (Å²) in [6.45, 7) is 0. The zero-order valence-electron chi connectivity index (χ0n) is 7.76. The van der Waals surface area contributed by atoms with Crippen molar-refractivity contribution in [3.8, 4) is 0 Å². The Balaban J connectivity index is 2.55. The van der Waals surface area contributed by atoms with Crippen LogP contribution in [0.4, 0.5) is 0 Å². The average Bonchev–Trinajstić information content (AvgIpc) is 2.43. The Morgan fingerprint density at radius 2 is 2.20 bits per heavy atom. The molecule has 1 fully saturated rings. The van der Waals surface area contributed by atoms with Gasteiger partial charge in [0.15, 0.2) is 11.3 Å². The highest BCUT2D eigenvalue weighted by atomic mass is 35.7. The van der Waals surface area contributed by atoms with E-state index in [0.717, 1.165) is 19.3 Å². The molecule has 5 nitrogen and oxygen atoms in total. The van der Waals surface area contributed by atoms with Crippen LogP contribution in [0, 0.1) is 0 Å². The van der Waals surface area contributed by atoms with E-state index in [1.54, 1.807) is 0 Å². The fourth-order valence-corrected chi connectivity index (χ4v) is 2.87. The van der Waals surface area contributed by atoms with Crippen LogP contribution in [0.2, 0.25) is 0 Å². The molecule has 0 N–H and O–H groups in total. The topological polar surface area (TPSA) is 69.0 Å². The predicted octanol–water partition coefficient (Wildman–Crippen LogP) is 1.35. The maximum atomic E-state index is 11.3. The van der Waals surface area contributed by atoms with E-state index in [-0.39, 0.29) is 16.6 Å². The Bertz CT molecular complexity index is 490. The van der Waals surface area contributed by atoms with Crippen LogP contribution in [0.15, 0.2) is 11.2 Å². The molecule has 1 aliphatic rings. The van der Waals surface area contributed by atoms with Crippen molar-refractivity contribution in [2.45, 2.75) is 30.3 Å². The van der Waals surface area contributed by atoms with E-state index in [4.69, 9.17) is 10.7 Å². The van der Waals surface area contributed by atoms with Gasteiger partial charge in [-0.25, -0.2) is 13.1 Å². The molecule has 0 amide bonds. The normalized spacial score (nSPS) is 17.4. The number of rotatable bonds is 3. The van der Waals surface area contributed by atoms with Crippen LogP contribution in [0.3, 0.4) is 0 Å². The summed E-state index contributed by atoms with van der Waals surface area (Å²) in [4.78, 5) is 10.6. The Morgan fingerprint density at radius 3 is 2.60 bits per heavy atom. The van der Waals surface area contributed by atoms with Gasteiger partial charge in [0.2, 0.25) is 0 Å². The van der Waals surface area contributed by atoms with E-state index in [2.05, 4.69) is 5.10 Å². The van der Waals surface area contributed by atoms with Gasteiger partial charge in [-0.15, -0.1) is 0 Å². The lowest BCUT2D eigenvalue weighted by Crippen LogP contribution is -2.21. The summed E-state index contributed by atoms with van der Waals surface area (Å²) >= 11 is 0. The van der Waals surface area contributed by atoms with E-state index in [1.165, 1.54) is 10.9 Å². The molecule has 2 rings (SSSR count). The molecule has 0 aromatic carbocycles. The summed E-state index contributed by atoms with van der Waals surface area (Å²) < 4.78 is 23.9. The van der Waals surface area contributed by atoms with Gasteiger partial charge in [-0.05, 0) is 19.3 Å². The molecular weight excluding hydrogens is 240 g/mol. The number of hydrogen-bond acceptors (Lipinski definition) is 4. The van der Waals surface area contributed by atoms with Crippen molar-refractivity contribution in [2.75, 3.05) is 0 Å². The number of carbonyl (C=O) groups is 1. The molecule has 0 bridgehead atoms. The number of carbonyl (C=O) groups excluding carboxylic acids is 1. The molecule has 15 heavy (non-hydrogen) atoms. The summed E-state index contributed by atoms with van der Waals surface area (Å²) in [5, 5.41) is 3.72. The maximum Gasteiger partial charge on any atom is 0.279 e. The standard InChI is InChI=1S/C8H9ClN2O3S/c9-15(13,14)8-6(5-12)4-10-11(8)7-2-1-3-7/h4-5,7H,1-3H2. The average molecular weight is 249 g/mol. The lowest BCUT2D eigenvalue weighted by atomic mass is 9.93. The molecule has 1 aromatic rings. The van der Waals surface area contributed by atoms with E-state index in [9.17, 15) is 13.2 Å². The van der Waals surface area contributed by atoms with Gasteiger partial charge >= 0.3 is 0 Å². The van der Waals surface area contributed by atoms with E-state index in [1.807, 2.05) is 0 Å².